The second-order valence-corrected chi connectivity index (χ2v) is 5.66. The Labute approximate surface area is 118 Å². The van der Waals surface area contributed by atoms with Gasteiger partial charge < -0.3 is 10.2 Å². The molecule has 19 heavy (non-hydrogen) atoms. The summed E-state index contributed by atoms with van der Waals surface area (Å²) in [4.78, 5) is 2.56. The first-order valence-corrected chi connectivity index (χ1v) is 7.84. The smallest absolute Gasteiger partial charge is 0.0317 e. The van der Waals surface area contributed by atoms with Crippen molar-refractivity contribution >= 4 is 0 Å². The Balaban J connectivity index is 1.78. The zero-order valence-corrected chi connectivity index (χ0v) is 12.4. The van der Waals surface area contributed by atoms with Crippen molar-refractivity contribution in [2.24, 2.45) is 5.92 Å². The van der Waals surface area contributed by atoms with Crippen molar-refractivity contribution in [1.82, 2.24) is 10.2 Å². The normalized spacial score (nSPS) is 19.5. The summed E-state index contributed by atoms with van der Waals surface area (Å²) in [5.41, 5.74) is 1.43. The van der Waals surface area contributed by atoms with Crippen molar-refractivity contribution < 1.29 is 0 Å². The van der Waals surface area contributed by atoms with Crippen LogP contribution >= 0.6 is 0 Å². The van der Waals surface area contributed by atoms with Crippen LogP contribution in [-0.4, -0.2) is 31.1 Å². The molecule has 1 N–H and O–H groups in total. The van der Waals surface area contributed by atoms with Gasteiger partial charge in [-0.15, -0.1) is 0 Å². The lowest BCUT2D eigenvalue weighted by Crippen LogP contribution is -2.37. The summed E-state index contributed by atoms with van der Waals surface area (Å²) in [5, 5.41) is 3.77. The largest absolute Gasteiger partial charge is 0.310 e. The third kappa shape index (κ3) is 4.32. The van der Waals surface area contributed by atoms with E-state index in [4.69, 9.17) is 0 Å². The van der Waals surface area contributed by atoms with Crippen LogP contribution in [0.25, 0.3) is 0 Å². The topological polar surface area (TPSA) is 15.3 Å². The third-order valence-electron chi connectivity index (χ3n) is 4.42. The SMILES string of the molecule is CCC(NCC1CCN(CC)CC1)c1ccccc1. The highest BCUT2D eigenvalue weighted by Crippen LogP contribution is 2.20. The minimum absolute atomic E-state index is 0.519. The van der Waals surface area contributed by atoms with Crippen LogP contribution in [0.4, 0.5) is 0 Å². The lowest BCUT2D eigenvalue weighted by atomic mass is 9.95. The maximum absolute atomic E-state index is 3.77. The van der Waals surface area contributed by atoms with E-state index in [2.05, 4.69) is 54.4 Å². The van der Waals surface area contributed by atoms with Crippen LogP contribution in [0.2, 0.25) is 0 Å². The summed E-state index contributed by atoms with van der Waals surface area (Å²) in [5.74, 6) is 0.862. The fourth-order valence-corrected chi connectivity index (χ4v) is 3.00. The van der Waals surface area contributed by atoms with E-state index in [1.807, 2.05) is 0 Å². The summed E-state index contributed by atoms with van der Waals surface area (Å²) < 4.78 is 0. The summed E-state index contributed by atoms with van der Waals surface area (Å²) >= 11 is 0. The fourth-order valence-electron chi connectivity index (χ4n) is 3.00. The number of hydrogen-bond acceptors (Lipinski definition) is 2. The molecular formula is C17H28N2. The highest BCUT2D eigenvalue weighted by Gasteiger charge is 2.19. The molecule has 1 atom stereocenters. The van der Waals surface area contributed by atoms with Gasteiger partial charge in [-0.1, -0.05) is 44.2 Å². The number of hydrogen-bond donors (Lipinski definition) is 1. The van der Waals surface area contributed by atoms with Crippen LogP contribution in [-0.2, 0) is 0 Å². The van der Waals surface area contributed by atoms with Crippen molar-refractivity contribution in [3.63, 3.8) is 0 Å². The molecular weight excluding hydrogens is 232 g/mol. The number of nitrogens with one attached hydrogen (secondary N) is 1. The lowest BCUT2D eigenvalue weighted by molar-refractivity contribution is 0.187. The average molecular weight is 260 g/mol. The van der Waals surface area contributed by atoms with E-state index in [1.165, 1.54) is 44.6 Å². The van der Waals surface area contributed by atoms with E-state index >= 15 is 0 Å². The summed E-state index contributed by atoms with van der Waals surface area (Å²) in [6, 6.07) is 11.4. The number of nitrogens with zero attached hydrogens (tertiary/aromatic N) is 1. The molecule has 1 aliphatic rings. The van der Waals surface area contributed by atoms with Gasteiger partial charge in [0, 0.05) is 6.04 Å². The van der Waals surface area contributed by atoms with Crippen molar-refractivity contribution in [1.29, 1.82) is 0 Å². The number of likely N-dealkylation sites (tertiary alicyclic amines) is 1. The van der Waals surface area contributed by atoms with Gasteiger partial charge in [-0.3, -0.25) is 0 Å². The maximum atomic E-state index is 3.77. The quantitative estimate of drug-likeness (QED) is 0.842. The average Bonchev–Trinajstić information content (AvgIpc) is 2.49. The van der Waals surface area contributed by atoms with Crippen LogP contribution < -0.4 is 5.32 Å². The zero-order valence-electron chi connectivity index (χ0n) is 12.4. The van der Waals surface area contributed by atoms with Gasteiger partial charge in [-0.25, -0.2) is 0 Å². The molecule has 1 aromatic carbocycles. The Morgan fingerprint density at radius 1 is 1.16 bits per heavy atom. The fraction of sp³-hybridized carbons (Fsp3) is 0.647. The van der Waals surface area contributed by atoms with Crippen molar-refractivity contribution in [2.75, 3.05) is 26.2 Å². The molecule has 0 saturated carbocycles. The van der Waals surface area contributed by atoms with Gasteiger partial charge in [0.1, 0.15) is 0 Å². The van der Waals surface area contributed by atoms with Gasteiger partial charge in [0.25, 0.3) is 0 Å². The van der Waals surface area contributed by atoms with E-state index in [-0.39, 0.29) is 0 Å². The van der Waals surface area contributed by atoms with E-state index < -0.39 is 0 Å². The van der Waals surface area contributed by atoms with Crippen molar-refractivity contribution in [2.45, 2.75) is 39.2 Å². The van der Waals surface area contributed by atoms with Gasteiger partial charge in [0.2, 0.25) is 0 Å². The summed E-state index contributed by atoms with van der Waals surface area (Å²) in [7, 11) is 0. The van der Waals surface area contributed by atoms with Crippen LogP contribution in [0.5, 0.6) is 0 Å². The predicted molar refractivity (Wildman–Crippen MR) is 82.3 cm³/mol. The predicted octanol–water partition coefficient (Wildman–Crippen LogP) is 3.46. The molecule has 2 rings (SSSR count). The molecule has 2 heteroatoms. The Morgan fingerprint density at radius 2 is 1.84 bits per heavy atom. The first kappa shape index (κ1) is 14.5. The molecule has 2 nitrogen and oxygen atoms in total. The Bertz CT molecular complexity index is 342. The van der Waals surface area contributed by atoms with Crippen molar-refractivity contribution in [3.8, 4) is 0 Å². The summed E-state index contributed by atoms with van der Waals surface area (Å²) in [6.45, 7) is 9.48. The molecule has 0 amide bonds. The monoisotopic (exact) mass is 260 g/mol. The van der Waals surface area contributed by atoms with Crippen molar-refractivity contribution in [3.05, 3.63) is 35.9 Å². The second kappa shape index (κ2) is 7.66. The highest BCUT2D eigenvalue weighted by atomic mass is 15.1. The standard InChI is InChI=1S/C17H28N2/c1-3-17(16-8-6-5-7-9-16)18-14-15-10-12-19(4-2)13-11-15/h5-9,15,17-18H,3-4,10-14H2,1-2H3. The molecule has 1 fully saturated rings. The Kier molecular flexibility index (Phi) is 5.87. The van der Waals surface area contributed by atoms with E-state index in [0.717, 1.165) is 12.3 Å². The van der Waals surface area contributed by atoms with E-state index in [9.17, 15) is 0 Å². The molecule has 1 unspecified atom stereocenters. The zero-order chi connectivity index (χ0) is 13.5. The van der Waals surface area contributed by atoms with Gasteiger partial charge in [-0.2, -0.15) is 0 Å². The van der Waals surface area contributed by atoms with Gasteiger partial charge >= 0.3 is 0 Å². The molecule has 1 aromatic rings. The van der Waals surface area contributed by atoms with E-state index in [1.54, 1.807) is 0 Å². The minimum atomic E-state index is 0.519. The van der Waals surface area contributed by atoms with Gasteiger partial charge in [0.05, 0.1) is 0 Å². The molecule has 1 heterocycles. The number of rotatable bonds is 6. The number of piperidine rings is 1. The second-order valence-electron chi connectivity index (χ2n) is 5.66. The van der Waals surface area contributed by atoms with E-state index in [0.29, 0.717) is 6.04 Å². The molecule has 0 aliphatic carbocycles. The Hall–Kier alpha value is -0.860. The Morgan fingerprint density at radius 3 is 2.42 bits per heavy atom. The first-order valence-electron chi connectivity index (χ1n) is 7.84. The molecule has 1 saturated heterocycles. The third-order valence-corrected chi connectivity index (χ3v) is 4.42. The number of benzene rings is 1. The highest BCUT2D eigenvalue weighted by molar-refractivity contribution is 5.18. The molecule has 0 radical (unpaired) electrons. The molecule has 0 bridgehead atoms. The van der Waals surface area contributed by atoms with Gasteiger partial charge in [0.15, 0.2) is 0 Å². The molecule has 0 aromatic heterocycles. The molecule has 1 aliphatic heterocycles. The minimum Gasteiger partial charge on any atom is -0.310 e. The maximum Gasteiger partial charge on any atom is 0.0317 e. The first-order chi connectivity index (χ1) is 9.33. The van der Waals surface area contributed by atoms with Crippen LogP contribution in [0.3, 0.4) is 0 Å². The van der Waals surface area contributed by atoms with Crippen LogP contribution in [0.15, 0.2) is 30.3 Å². The lowest BCUT2D eigenvalue weighted by Gasteiger charge is -2.32. The molecule has 0 spiro atoms. The van der Waals surface area contributed by atoms with Crippen LogP contribution in [0, 0.1) is 5.92 Å². The van der Waals surface area contributed by atoms with Crippen LogP contribution in [0.1, 0.15) is 44.7 Å². The van der Waals surface area contributed by atoms with Gasteiger partial charge in [-0.05, 0) is 56.9 Å². The molecule has 106 valence electrons. The summed E-state index contributed by atoms with van der Waals surface area (Å²) in [6.07, 6.45) is 3.87.